The number of halogens is 3. The Morgan fingerprint density at radius 2 is 2.06 bits per heavy atom. The topological polar surface area (TPSA) is 62.2 Å². The first-order valence-corrected chi connectivity index (χ1v) is 5.37. The highest BCUT2D eigenvalue weighted by Gasteiger charge is 2.30. The highest BCUT2D eigenvalue weighted by Crippen LogP contribution is 2.28. The Morgan fingerprint density at radius 1 is 1.33 bits per heavy atom. The summed E-state index contributed by atoms with van der Waals surface area (Å²) >= 11 is 0. The first-order valence-electron chi connectivity index (χ1n) is 5.37. The molecular formula is C11H13F3N2O2. The van der Waals surface area contributed by atoms with E-state index in [9.17, 15) is 18.0 Å². The van der Waals surface area contributed by atoms with E-state index in [4.69, 9.17) is 5.11 Å². The van der Waals surface area contributed by atoms with Crippen molar-refractivity contribution in [3.05, 3.63) is 29.6 Å². The minimum absolute atomic E-state index is 0.0361. The van der Waals surface area contributed by atoms with Gasteiger partial charge in [0.1, 0.15) is 5.69 Å². The lowest BCUT2D eigenvalue weighted by Gasteiger charge is -2.07. The van der Waals surface area contributed by atoms with E-state index in [0.29, 0.717) is 25.6 Å². The fraction of sp³-hybridized carbons (Fsp3) is 0.455. The third-order valence-corrected chi connectivity index (χ3v) is 2.19. The zero-order valence-electron chi connectivity index (χ0n) is 9.50. The number of rotatable bonds is 5. The Bertz CT molecular complexity index is 390. The SMILES string of the molecule is O=C(NCCCCO)c1ccc(C(F)(F)F)cn1. The lowest BCUT2D eigenvalue weighted by atomic mass is 10.2. The molecule has 0 spiro atoms. The molecule has 0 unspecified atom stereocenters. The smallest absolute Gasteiger partial charge is 0.396 e. The van der Waals surface area contributed by atoms with Gasteiger partial charge in [-0.25, -0.2) is 0 Å². The van der Waals surface area contributed by atoms with Gasteiger partial charge in [0.15, 0.2) is 0 Å². The summed E-state index contributed by atoms with van der Waals surface area (Å²) in [6.45, 7) is 0.385. The maximum atomic E-state index is 12.2. The number of carbonyl (C=O) groups excluding carboxylic acids is 1. The molecule has 100 valence electrons. The van der Waals surface area contributed by atoms with E-state index >= 15 is 0 Å². The number of amides is 1. The van der Waals surface area contributed by atoms with Crippen molar-refractivity contribution in [2.24, 2.45) is 0 Å². The first kappa shape index (κ1) is 14.4. The highest BCUT2D eigenvalue weighted by molar-refractivity contribution is 5.92. The van der Waals surface area contributed by atoms with E-state index in [1.165, 1.54) is 0 Å². The van der Waals surface area contributed by atoms with Gasteiger partial charge in [-0.2, -0.15) is 13.2 Å². The molecule has 1 aromatic rings. The van der Waals surface area contributed by atoms with Gasteiger partial charge in [0.05, 0.1) is 5.56 Å². The third-order valence-electron chi connectivity index (χ3n) is 2.19. The van der Waals surface area contributed by atoms with E-state index in [-0.39, 0.29) is 12.3 Å². The van der Waals surface area contributed by atoms with E-state index in [2.05, 4.69) is 10.3 Å². The normalized spacial score (nSPS) is 11.3. The molecule has 0 atom stereocenters. The molecular weight excluding hydrogens is 249 g/mol. The summed E-state index contributed by atoms with van der Waals surface area (Å²) in [5, 5.41) is 11.0. The van der Waals surface area contributed by atoms with Crippen molar-refractivity contribution in [3.63, 3.8) is 0 Å². The summed E-state index contributed by atoms with van der Waals surface area (Å²) in [7, 11) is 0. The van der Waals surface area contributed by atoms with Gasteiger partial charge in [0, 0.05) is 19.3 Å². The predicted octanol–water partition coefficient (Wildman–Crippen LogP) is 1.60. The van der Waals surface area contributed by atoms with Crippen LogP contribution < -0.4 is 5.32 Å². The number of pyridine rings is 1. The molecule has 0 aliphatic rings. The van der Waals surface area contributed by atoms with Crippen molar-refractivity contribution in [2.45, 2.75) is 19.0 Å². The fourth-order valence-corrected chi connectivity index (χ4v) is 1.23. The molecule has 1 heterocycles. The third kappa shape index (κ3) is 4.33. The second-order valence-corrected chi connectivity index (χ2v) is 3.62. The number of alkyl halides is 3. The van der Waals surface area contributed by atoms with Gasteiger partial charge in [-0.1, -0.05) is 0 Å². The molecule has 7 heteroatoms. The van der Waals surface area contributed by atoms with Gasteiger partial charge in [0.2, 0.25) is 0 Å². The standard InChI is InChI=1S/C11H13F3N2O2/c12-11(13,14)8-3-4-9(16-7-8)10(18)15-5-1-2-6-17/h3-4,7,17H,1-2,5-6H2,(H,15,18). The number of nitrogens with zero attached hydrogens (tertiary/aromatic N) is 1. The molecule has 0 aliphatic carbocycles. The van der Waals surface area contributed by atoms with Crippen molar-refractivity contribution < 1.29 is 23.1 Å². The molecule has 0 aliphatic heterocycles. The van der Waals surface area contributed by atoms with Crippen LogP contribution in [-0.4, -0.2) is 29.1 Å². The Hall–Kier alpha value is -1.63. The minimum Gasteiger partial charge on any atom is -0.396 e. The number of hydrogen-bond donors (Lipinski definition) is 2. The van der Waals surface area contributed by atoms with Crippen LogP contribution in [0.4, 0.5) is 13.2 Å². The Labute approximate surface area is 102 Å². The molecule has 18 heavy (non-hydrogen) atoms. The van der Waals surface area contributed by atoms with Crippen molar-refractivity contribution in [1.29, 1.82) is 0 Å². The van der Waals surface area contributed by atoms with Crippen LogP contribution in [0.3, 0.4) is 0 Å². The largest absolute Gasteiger partial charge is 0.417 e. The highest BCUT2D eigenvalue weighted by atomic mass is 19.4. The van der Waals surface area contributed by atoms with Crippen LogP contribution in [0.5, 0.6) is 0 Å². The van der Waals surface area contributed by atoms with Gasteiger partial charge in [0.25, 0.3) is 5.91 Å². The van der Waals surface area contributed by atoms with Gasteiger partial charge in [-0.15, -0.1) is 0 Å². The van der Waals surface area contributed by atoms with Crippen molar-refractivity contribution >= 4 is 5.91 Å². The van der Waals surface area contributed by atoms with Crippen molar-refractivity contribution in [3.8, 4) is 0 Å². The molecule has 0 aromatic carbocycles. The second kappa shape index (κ2) is 6.34. The molecule has 0 saturated heterocycles. The second-order valence-electron chi connectivity index (χ2n) is 3.62. The van der Waals surface area contributed by atoms with Crippen LogP contribution in [0, 0.1) is 0 Å². The quantitative estimate of drug-likeness (QED) is 0.792. The van der Waals surface area contributed by atoms with Crippen LogP contribution in [0.1, 0.15) is 28.9 Å². The predicted molar refractivity (Wildman–Crippen MR) is 57.9 cm³/mol. The van der Waals surface area contributed by atoms with E-state index < -0.39 is 17.6 Å². The van der Waals surface area contributed by atoms with Gasteiger partial charge in [-0.05, 0) is 25.0 Å². The van der Waals surface area contributed by atoms with Gasteiger partial charge < -0.3 is 10.4 Å². The molecule has 1 aromatic heterocycles. The summed E-state index contributed by atoms with van der Waals surface area (Å²) in [4.78, 5) is 14.9. The summed E-state index contributed by atoms with van der Waals surface area (Å²) in [5.74, 6) is -0.526. The Kier molecular flexibility index (Phi) is 5.08. The first-order chi connectivity index (χ1) is 8.45. The van der Waals surface area contributed by atoms with Crippen LogP contribution in [0.15, 0.2) is 18.3 Å². The van der Waals surface area contributed by atoms with Crippen LogP contribution in [-0.2, 0) is 6.18 Å². The van der Waals surface area contributed by atoms with Crippen molar-refractivity contribution in [1.82, 2.24) is 10.3 Å². The molecule has 1 rings (SSSR count). The lowest BCUT2D eigenvalue weighted by Crippen LogP contribution is -2.25. The van der Waals surface area contributed by atoms with E-state index in [1.807, 2.05) is 0 Å². The Balaban J connectivity index is 2.54. The molecule has 1 amide bonds. The van der Waals surface area contributed by atoms with Crippen molar-refractivity contribution in [2.75, 3.05) is 13.2 Å². The minimum atomic E-state index is -4.46. The lowest BCUT2D eigenvalue weighted by molar-refractivity contribution is -0.137. The van der Waals surface area contributed by atoms with Gasteiger partial charge in [-0.3, -0.25) is 9.78 Å². The summed E-state index contributed by atoms with van der Waals surface area (Å²) < 4.78 is 36.7. The summed E-state index contributed by atoms with van der Waals surface area (Å²) in [5.41, 5.74) is -0.952. The van der Waals surface area contributed by atoms with Crippen LogP contribution in [0.2, 0.25) is 0 Å². The van der Waals surface area contributed by atoms with Gasteiger partial charge >= 0.3 is 6.18 Å². The number of nitrogens with one attached hydrogen (secondary N) is 1. The number of carbonyl (C=O) groups is 1. The monoisotopic (exact) mass is 262 g/mol. The van der Waals surface area contributed by atoms with E-state index in [0.717, 1.165) is 12.1 Å². The molecule has 4 nitrogen and oxygen atoms in total. The zero-order chi connectivity index (χ0) is 13.6. The molecule has 2 N–H and O–H groups in total. The fourth-order valence-electron chi connectivity index (χ4n) is 1.23. The number of aliphatic hydroxyl groups is 1. The molecule has 0 fully saturated rings. The Morgan fingerprint density at radius 3 is 2.56 bits per heavy atom. The molecule has 0 saturated carbocycles. The molecule has 0 bridgehead atoms. The summed E-state index contributed by atoms with van der Waals surface area (Å²) in [6, 6.07) is 1.85. The maximum absolute atomic E-state index is 12.2. The zero-order valence-corrected chi connectivity index (χ0v) is 9.50. The summed E-state index contributed by atoms with van der Waals surface area (Å²) in [6.07, 6.45) is -2.67. The average molecular weight is 262 g/mol. The van der Waals surface area contributed by atoms with E-state index in [1.54, 1.807) is 0 Å². The number of aromatic nitrogens is 1. The van der Waals surface area contributed by atoms with Crippen LogP contribution in [0.25, 0.3) is 0 Å². The maximum Gasteiger partial charge on any atom is 0.417 e. The number of aliphatic hydroxyl groups excluding tert-OH is 1. The number of hydrogen-bond acceptors (Lipinski definition) is 3. The number of unbranched alkanes of at least 4 members (excludes halogenated alkanes) is 1. The van der Waals surface area contributed by atoms with Crippen LogP contribution >= 0.6 is 0 Å². The molecule has 0 radical (unpaired) electrons. The average Bonchev–Trinajstić information content (AvgIpc) is 2.33.